The third kappa shape index (κ3) is 0.800. The van der Waals surface area contributed by atoms with E-state index in [0.29, 0.717) is 18.2 Å². The van der Waals surface area contributed by atoms with Crippen LogP contribution in [0.5, 0.6) is 0 Å². The van der Waals surface area contributed by atoms with Crippen LogP contribution in [0.25, 0.3) is 0 Å². The Kier molecular flexibility index (Phi) is 1.11. The summed E-state index contributed by atoms with van der Waals surface area (Å²) in [5.74, 6) is 0.892. The predicted molar refractivity (Wildman–Crippen MR) is 26.8 cm³/mol. The van der Waals surface area contributed by atoms with Crippen molar-refractivity contribution in [1.82, 2.24) is 0 Å². The molecule has 1 saturated carbocycles. The van der Waals surface area contributed by atoms with Crippen LogP contribution in [0.4, 0.5) is 0 Å². The third-order valence-electron chi connectivity index (χ3n) is 1.37. The maximum Gasteiger partial charge on any atom is 0.133 e. The van der Waals surface area contributed by atoms with Crippen molar-refractivity contribution in [2.45, 2.75) is 12.8 Å². The summed E-state index contributed by atoms with van der Waals surface area (Å²) in [6.07, 6.45) is 1.47. The largest absolute Gasteiger partial charge is 0.330 e. The van der Waals surface area contributed by atoms with Crippen molar-refractivity contribution in [3.63, 3.8) is 0 Å². The molecule has 0 spiro atoms. The van der Waals surface area contributed by atoms with Gasteiger partial charge in [-0.05, 0) is 12.5 Å². The molecule has 2 N–H and O–H groups in total. The molecule has 2 nitrogen and oxygen atoms in total. The smallest absolute Gasteiger partial charge is 0.133 e. The Morgan fingerprint density at radius 2 is 2.29 bits per heavy atom. The maximum atomic E-state index is 10.2. The molecular weight excluding hydrogens is 90.1 g/mol. The van der Waals surface area contributed by atoms with Crippen molar-refractivity contribution in [3.8, 4) is 0 Å². The van der Waals surface area contributed by atoms with Crippen LogP contribution in [0.2, 0.25) is 0 Å². The van der Waals surface area contributed by atoms with Gasteiger partial charge in [0.05, 0.1) is 0 Å². The molecule has 0 amide bonds. The van der Waals surface area contributed by atoms with Crippen LogP contribution in [0.3, 0.4) is 0 Å². The van der Waals surface area contributed by atoms with Gasteiger partial charge in [-0.2, -0.15) is 0 Å². The first-order chi connectivity index (χ1) is 3.33. The molecule has 0 saturated heterocycles. The molecule has 7 heavy (non-hydrogen) atoms. The molecule has 1 aliphatic rings. The van der Waals surface area contributed by atoms with Crippen molar-refractivity contribution >= 4 is 5.78 Å². The number of nitrogens with two attached hydrogens (primary N) is 1. The van der Waals surface area contributed by atoms with E-state index in [1.165, 1.54) is 0 Å². The maximum absolute atomic E-state index is 10.2. The van der Waals surface area contributed by atoms with E-state index in [9.17, 15) is 4.79 Å². The van der Waals surface area contributed by atoms with E-state index in [-0.39, 0.29) is 0 Å². The van der Waals surface area contributed by atoms with Gasteiger partial charge in [-0.1, -0.05) is 0 Å². The lowest BCUT2D eigenvalue weighted by Crippen LogP contribution is -2.29. The van der Waals surface area contributed by atoms with E-state index in [1.807, 2.05) is 0 Å². The molecule has 0 atom stereocenters. The van der Waals surface area contributed by atoms with Gasteiger partial charge >= 0.3 is 0 Å². The average Bonchev–Trinajstić information content (AvgIpc) is 1.58. The fourth-order valence-corrected chi connectivity index (χ4v) is 0.751. The van der Waals surface area contributed by atoms with E-state index in [1.54, 1.807) is 0 Å². The molecule has 1 rings (SSSR count). The quantitative estimate of drug-likeness (QED) is 0.499. The number of carbonyl (C=O) groups is 1. The van der Waals surface area contributed by atoms with Crippen molar-refractivity contribution in [2.24, 2.45) is 11.7 Å². The molecule has 0 aromatic rings. The SMILES string of the molecule is NCC1CC(=O)C1. The van der Waals surface area contributed by atoms with E-state index in [4.69, 9.17) is 5.73 Å². The summed E-state index contributed by atoms with van der Waals surface area (Å²) >= 11 is 0. The summed E-state index contributed by atoms with van der Waals surface area (Å²) in [7, 11) is 0. The van der Waals surface area contributed by atoms with Gasteiger partial charge < -0.3 is 5.73 Å². The van der Waals surface area contributed by atoms with Crippen molar-refractivity contribution < 1.29 is 4.79 Å². The predicted octanol–water partition coefficient (Wildman–Crippen LogP) is -0.0758. The summed E-state index contributed by atoms with van der Waals surface area (Å²) in [4.78, 5) is 10.2. The highest BCUT2D eigenvalue weighted by Gasteiger charge is 2.24. The van der Waals surface area contributed by atoms with Crippen LogP contribution in [-0.4, -0.2) is 12.3 Å². The zero-order chi connectivity index (χ0) is 5.28. The summed E-state index contributed by atoms with van der Waals surface area (Å²) in [5, 5.41) is 0. The molecule has 0 aliphatic heterocycles. The van der Waals surface area contributed by atoms with Crippen LogP contribution < -0.4 is 5.73 Å². The van der Waals surface area contributed by atoms with Crippen molar-refractivity contribution in [3.05, 3.63) is 0 Å². The molecular formula is C5H9NO. The van der Waals surface area contributed by atoms with Gasteiger partial charge in [-0.15, -0.1) is 0 Å². The standard InChI is InChI=1S/C5H9NO/c6-3-4-1-5(7)2-4/h4H,1-3,6H2. The highest BCUT2D eigenvalue weighted by Crippen LogP contribution is 2.20. The molecule has 1 aliphatic carbocycles. The number of ketones is 1. The van der Waals surface area contributed by atoms with Crippen LogP contribution in [-0.2, 0) is 4.79 Å². The van der Waals surface area contributed by atoms with E-state index >= 15 is 0 Å². The number of carbonyl (C=O) groups excluding carboxylic acids is 1. The molecule has 0 aromatic carbocycles. The average molecular weight is 99.1 g/mol. The minimum atomic E-state index is 0.371. The van der Waals surface area contributed by atoms with Gasteiger partial charge in [0, 0.05) is 12.8 Å². The topological polar surface area (TPSA) is 43.1 Å². The summed E-state index contributed by atoms with van der Waals surface area (Å²) < 4.78 is 0. The van der Waals surface area contributed by atoms with Crippen LogP contribution >= 0.6 is 0 Å². The van der Waals surface area contributed by atoms with Gasteiger partial charge in [0.25, 0.3) is 0 Å². The summed E-state index contributed by atoms with van der Waals surface area (Å²) in [6.45, 7) is 0.686. The van der Waals surface area contributed by atoms with Gasteiger partial charge in [-0.25, -0.2) is 0 Å². The highest BCUT2D eigenvalue weighted by molar-refractivity contribution is 5.84. The second-order valence-corrected chi connectivity index (χ2v) is 2.05. The molecule has 0 bridgehead atoms. The highest BCUT2D eigenvalue weighted by atomic mass is 16.1. The van der Waals surface area contributed by atoms with Crippen LogP contribution in [0, 0.1) is 5.92 Å². The van der Waals surface area contributed by atoms with E-state index < -0.39 is 0 Å². The van der Waals surface area contributed by atoms with Gasteiger partial charge in [-0.3, -0.25) is 4.79 Å². The monoisotopic (exact) mass is 99.1 g/mol. The molecule has 0 radical (unpaired) electrons. The van der Waals surface area contributed by atoms with Crippen LogP contribution in [0.15, 0.2) is 0 Å². The van der Waals surface area contributed by atoms with Gasteiger partial charge in [0.2, 0.25) is 0 Å². The van der Waals surface area contributed by atoms with Gasteiger partial charge in [0.15, 0.2) is 0 Å². The lowest BCUT2D eigenvalue weighted by atomic mass is 9.84. The minimum absolute atomic E-state index is 0.371. The Morgan fingerprint density at radius 1 is 1.71 bits per heavy atom. The van der Waals surface area contributed by atoms with E-state index in [0.717, 1.165) is 12.8 Å². The first kappa shape index (κ1) is 4.78. The lowest BCUT2D eigenvalue weighted by Gasteiger charge is -2.21. The number of hydrogen-bond donors (Lipinski definition) is 1. The number of Topliss-reactive ketones (excluding diaryl/α,β-unsaturated/α-hetero) is 1. The Balaban J connectivity index is 2.17. The first-order valence-electron chi connectivity index (χ1n) is 2.54. The van der Waals surface area contributed by atoms with Gasteiger partial charge in [0.1, 0.15) is 5.78 Å². The second kappa shape index (κ2) is 1.62. The Hall–Kier alpha value is -0.370. The Bertz CT molecular complexity index is 82.1. The number of hydrogen-bond acceptors (Lipinski definition) is 2. The summed E-state index contributed by atoms with van der Waals surface area (Å²) in [5.41, 5.74) is 5.24. The van der Waals surface area contributed by atoms with Crippen LogP contribution in [0.1, 0.15) is 12.8 Å². The molecule has 0 heterocycles. The van der Waals surface area contributed by atoms with Crippen molar-refractivity contribution in [1.29, 1.82) is 0 Å². The zero-order valence-electron chi connectivity index (χ0n) is 4.18. The fourth-order valence-electron chi connectivity index (χ4n) is 0.751. The summed E-state index contributed by atoms with van der Waals surface area (Å²) in [6, 6.07) is 0. The fraction of sp³-hybridized carbons (Fsp3) is 0.800. The lowest BCUT2D eigenvalue weighted by molar-refractivity contribution is -0.126. The minimum Gasteiger partial charge on any atom is -0.330 e. The molecule has 2 heteroatoms. The second-order valence-electron chi connectivity index (χ2n) is 2.05. The normalized spacial score (nSPS) is 22.1. The van der Waals surface area contributed by atoms with E-state index in [2.05, 4.69) is 0 Å². The Labute approximate surface area is 42.7 Å². The Morgan fingerprint density at radius 3 is 2.43 bits per heavy atom. The molecule has 40 valence electrons. The number of rotatable bonds is 1. The molecule has 0 aromatic heterocycles. The molecule has 0 unspecified atom stereocenters. The zero-order valence-corrected chi connectivity index (χ0v) is 4.18. The third-order valence-corrected chi connectivity index (χ3v) is 1.37. The van der Waals surface area contributed by atoms with Crippen molar-refractivity contribution in [2.75, 3.05) is 6.54 Å². The molecule has 1 fully saturated rings. The first-order valence-corrected chi connectivity index (χ1v) is 2.54.